The summed E-state index contributed by atoms with van der Waals surface area (Å²) in [5.74, 6) is 0.971. The molecule has 11 heteroatoms. The second kappa shape index (κ2) is 13.3. The minimum Gasteiger partial charge on any atom is -0.491 e. The maximum Gasteiger partial charge on any atom is 0.337 e. The summed E-state index contributed by atoms with van der Waals surface area (Å²) in [6.07, 6.45) is 0.573. The monoisotopic (exact) mass is 526 g/mol. The number of nitrogens with zero attached hydrogens (tertiary/aromatic N) is 1. The Labute approximate surface area is 221 Å². The molecule has 2 aromatic rings. The summed E-state index contributed by atoms with van der Waals surface area (Å²) in [5.41, 5.74) is 4.73. The van der Waals surface area contributed by atoms with Crippen LogP contribution in [-0.2, 0) is 9.53 Å². The number of aliphatic hydroxyl groups is 1. The van der Waals surface area contributed by atoms with Gasteiger partial charge in [0.25, 0.3) is 0 Å². The van der Waals surface area contributed by atoms with Gasteiger partial charge in [0.15, 0.2) is 17.7 Å². The first-order valence-corrected chi connectivity index (χ1v) is 12.2. The number of esters is 1. The normalized spacial score (nSPS) is 16.1. The fourth-order valence-electron chi connectivity index (χ4n) is 3.72. The summed E-state index contributed by atoms with van der Waals surface area (Å²) in [5, 5.41) is 19.6. The number of hydrogen-bond donors (Lipinski definition) is 4. The lowest BCUT2D eigenvalue weighted by atomic mass is 9.95. The average molecular weight is 527 g/mol. The number of amides is 2. The van der Waals surface area contributed by atoms with E-state index in [-0.39, 0.29) is 18.3 Å². The molecule has 4 N–H and O–H groups in total. The molecule has 2 amide bonds. The molecular weight excluding hydrogens is 492 g/mol. The molecule has 2 aromatic carbocycles. The van der Waals surface area contributed by atoms with Crippen molar-refractivity contribution in [3.8, 4) is 17.2 Å². The van der Waals surface area contributed by atoms with Crippen LogP contribution in [0, 0.1) is 0 Å². The number of hydrogen-bond acceptors (Lipinski definition) is 9. The van der Waals surface area contributed by atoms with Gasteiger partial charge in [-0.1, -0.05) is 6.07 Å². The van der Waals surface area contributed by atoms with Crippen LogP contribution in [0.1, 0.15) is 44.9 Å². The maximum atomic E-state index is 12.4. The van der Waals surface area contributed by atoms with Crippen molar-refractivity contribution in [3.05, 3.63) is 64.9 Å². The molecule has 1 heterocycles. The van der Waals surface area contributed by atoms with Crippen molar-refractivity contribution >= 4 is 18.2 Å². The molecule has 0 saturated heterocycles. The highest BCUT2D eigenvalue weighted by atomic mass is 16.5. The number of hydrazone groups is 1. The van der Waals surface area contributed by atoms with Crippen molar-refractivity contribution in [3.63, 3.8) is 0 Å². The van der Waals surface area contributed by atoms with Crippen LogP contribution in [0.4, 0.5) is 4.79 Å². The van der Waals surface area contributed by atoms with Gasteiger partial charge in [0, 0.05) is 5.70 Å². The van der Waals surface area contributed by atoms with Crippen molar-refractivity contribution in [2.45, 2.75) is 46.1 Å². The van der Waals surface area contributed by atoms with Crippen molar-refractivity contribution in [2.75, 3.05) is 20.3 Å². The molecule has 0 unspecified atom stereocenters. The molecule has 0 fully saturated rings. The molecule has 0 aliphatic carbocycles. The first-order chi connectivity index (χ1) is 18.2. The molecule has 2 atom stereocenters. The molecule has 204 valence electrons. The van der Waals surface area contributed by atoms with Crippen molar-refractivity contribution < 1.29 is 33.6 Å². The van der Waals surface area contributed by atoms with Gasteiger partial charge < -0.3 is 34.7 Å². The molecule has 1 aliphatic heterocycles. The third-order valence-corrected chi connectivity index (χ3v) is 5.36. The molecule has 1 aliphatic rings. The molecule has 0 radical (unpaired) electrons. The summed E-state index contributed by atoms with van der Waals surface area (Å²) >= 11 is 0. The number of rotatable bonds is 12. The van der Waals surface area contributed by atoms with Gasteiger partial charge in [-0.2, -0.15) is 5.10 Å². The zero-order valence-corrected chi connectivity index (χ0v) is 22.1. The number of carbonyl (C=O) groups excluding carboxylic acids is 2. The average Bonchev–Trinajstić information content (AvgIpc) is 2.88. The molecule has 0 bridgehead atoms. The Bertz CT molecular complexity index is 1180. The Morgan fingerprint density at radius 3 is 2.55 bits per heavy atom. The number of carbonyl (C=O) groups is 2. The van der Waals surface area contributed by atoms with Gasteiger partial charge in [-0.05, 0) is 75.2 Å². The van der Waals surface area contributed by atoms with Gasteiger partial charge in [0.05, 0.1) is 37.7 Å². The number of ether oxygens (including phenoxy) is 4. The first kappa shape index (κ1) is 28.3. The Morgan fingerprint density at radius 2 is 1.89 bits per heavy atom. The van der Waals surface area contributed by atoms with Gasteiger partial charge in [0.2, 0.25) is 0 Å². The van der Waals surface area contributed by atoms with Gasteiger partial charge >= 0.3 is 12.0 Å². The molecule has 0 saturated carbocycles. The molecule has 11 nitrogen and oxygen atoms in total. The lowest BCUT2D eigenvalue weighted by Crippen LogP contribution is -2.45. The lowest BCUT2D eigenvalue weighted by molar-refractivity contribution is -0.136. The predicted octanol–water partition coefficient (Wildman–Crippen LogP) is 2.99. The van der Waals surface area contributed by atoms with E-state index in [1.54, 1.807) is 31.3 Å². The van der Waals surface area contributed by atoms with E-state index in [1.165, 1.54) is 7.11 Å². The maximum absolute atomic E-state index is 12.4. The quantitative estimate of drug-likeness (QED) is 0.143. The van der Waals surface area contributed by atoms with Gasteiger partial charge in [-0.3, -0.25) is 5.43 Å². The third kappa shape index (κ3) is 7.62. The Balaban J connectivity index is 1.65. The summed E-state index contributed by atoms with van der Waals surface area (Å²) in [7, 11) is 1.28. The van der Waals surface area contributed by atoms with E-state index in [0.29, 0.717) is 29.4 Å². The summed E-state index contributed by atoms with van der Waals surface area (Å²) in [6, 6.07) is 11.3. The first-order valence-electron chi connectivity index (χ1n) is 12.2. The van der Waals surface area contributed by atoms with Crippen LogP contribution in [0.3, 0.4) is 0 Å². The van der Waals surface area contributed by atoms with E-state index < -0.39 is 24.3 Å². The van der Waals surface area contributed by atoms with E-state index in [4.69, 9.17) is 18.9 Å². The molecule has 0 spiro atoms. The number of allylic oxidation sites excluding steroid dienone is 1. The van der Waals surface area contributed by atoms with E-state index in [9.17, 15) is 14.7 Å². The van der Waals surface area contributed by atoms with E-state index in [0.717, 1.165) is 11.3 Å². The smallest absolute Gasteiger partial charge is 0.337 e. The fraction of sp³-hybridized carbons (Fsp3) is 0.370. The van der Waals surface area contributed by atoms with E-state index in [1.807, 2.05) is 45.0 Å². The molecule has 3 rings (SSSR count). The zero-order valence-electron chi connectivity index (χ0n) is 22.1. The topological polar surface area (TPSA) is 140 Å². The Morgan fingerprint density at radius 1 is 1.16 bits per heavy atom. The minimum absolute atomic E-state index is 0.0922. The summed E-state index contributed by atoms with van der Waals surface area (Å²) in [4.78, 5) is 24.5. The summed E-state index contributed by atoms with van der Waals surface area (Å²) < 4.78 is 22.0. The highest BCUT2D eigenvalue weighted by Gasteiger charge is 2.32. The van der Waals surface area contributed by atoms with E-state index >= 15 is 0 Å². The number of urea groups is 1. The Kier molecular flexibility index (Phi) is 9.94. The third-order valence-electron chi connectivity index (χ3n) is 5.36. The second-order valence-corrected chi connectivity index (χ2v) is 8.65. The number of aliphatic hydroxyl groups excluding tert-OH is 1. The molecule has 38 heavy (non-hydrogen) atoms. The summed E-state index contributed by atoms with van der Waals surface area (Å²) in [6.45, 7) is 7.60. The molecule has 0 aromatic heterocycles. The predicted molar refractivity (Wildman–Crippen MR) is 141 cm³/mol. The van der Waals surface area contributed by atoms with Crippen LogP contribution in [0.25, 0.3) is 0 Å². The highest BCUT2D eigenvalue weighted by molar-refractivity contribution is 5.95. The van der Waals surface area contributed by atoms with Gasteiger partial charge in [0.1, 0.15) is 12.4 Å². The van der Waals surface area contributed by atoms with Crippen LogP contribution < -0.4 is 30.3 Å². The number of benzene rings is 2. The van der Waals surface area contributed by atoms with Gasteiger partial charge in [-0.25, -0.2) is 9.59 Å². The standard InChI is InChI=1S/C27H34N4O7/c1-6-36-22-13-19(25-24(26(33)35-5)17(4)29-27(34)30-25)9-12-21(22)37-15-23(32)31-28-14-18-7-10-20(11-8-18)38-16(2)3/h7-14,16,23,25,31-32H,6,15H2,1-5H3,(H2,29,30,34)/b28-14-/t23-,25-/m0/s1. The fourth-order valence-corrected chi connectivity index (χ4v) is 3.72. The second-order valence-electron chi connectivity index (χ2n) is 8.65. The van der Waals surface area contributed by atoms with Crippen LogP contribution in [0.2, 0.25) is 0 Å². The number of nitrogens with one attached hydrogen (secondary N) is 3. The van der Waals surface area contributed by atoms with Crippen molar-refractivity contribution in [1.29, 1.82) is 0 Å². The number of methoxy groups -OCH3 is 1. The van der Waals surface area contributed by atoms with Gasteiger partial charge in [-0.15, -0.1) is 0 Å². The zero-order chi connectivity index (χ0) is 27.7. The SMILES string of the molecule is CCOc1cc([C@@H]2NC(=O)NC(C)=C2C(=O)OC)ccc1OC[C@H](O)N/N=C\c1ccc(OC(C)C)cc1. The van der Waals surface area contributed by atoms with E-state index in [2.05, 4.69) is 21.2 Å². The van der Waals surface area contributed by atoms with Crippen LogP contribution in [0.15, 0.2) is 58.8 Å². The van der Waals surface area contributed by atoms with Crippen LogP contribution in [-0.4, -0.2) is 56.0 Å². The van der Waals surface area contributed by atoms with Crippen molar-refractivity contribution in [2.24, 2.45) is 5.10 Å². The van der Waals surface area contributed by atoms with Crippen LogP contribution in [0.5, 0.6) is 17.2 Å². The Hall–Kier alpha value is -4.25. The lowest BCUT2D eigenvalue weighted by Gasteiger charge is -2.28. The highest BCUT2D eigenvalue weighted by Crippen LogP contribution is 2.34. The molecular formula is C27H34N4O7. The van der Waals surface area contributed by atoms with Crippen LogP contribution >= 0.6 is 0 Å². The van der Waals surface area contributed by atoms with Crippen molar-refractivity contribution in [1.82, 2.24) is 16.1 Å². The largest absolute Gasteiger partial charge is 0.491 e. The minimum atomic E-state index is -1.09.